The molecule has 1 aromatic heterocycles. The number of carbonyl (C=O) groups is 1. The average Bonchev–Trinajstić information content (AvgIpc) is 3.19. The van der Waals surface area contributed by atoms with Crippen molar-refractivity contribution < 1.29 is 13.2 Å². The van der Waals surface area contributed by atoms with Crippen LogP contribution in [0.25, 0.3) is 10.9 Å². The normalized spacial score (nSPS) is 15.9. The number of nitrogens with zero attached hydrogens (tertiary/aromatic N) is 1. The number of hydrogen-bond donors (Lipinski definition) is 2. The van der Waals surface area contributed by atoms with Gasteiger partial charge in [-0.3, -0.25) is 4.79 Å². The Balaban J connectivity index is 1.30. The van der Waals surface area contributed by atoms with Crippen molar-refractivity contribution in [2.24, 2.45) is 5.92 Å². The summed E-state index contributed by atoms with van der Waals surface area (Å²) in [4.78, 5) is 16.2. The topological polar surface area (TPSA) is 82.3 Å². The Kier molecular flexibility index (Phi) is 6.16. The van der Waals surface area contributed by atoms with Gasteiger partial charge in [0.25, 0.3) is 0 Å². The second-order valence-electron chi connectivity index (χ2n) is 8.32. The predicted octanol–water partition coefficient (Wildman–Crippen LogP) is 3.54. The van der Waals surface area contributed by atoms with Gasteiger partial charge in [-0.15, -0.1) is 0 Å². The van der Waals surface area contributed by atoms with Crippen molar-refractivity contribution in [1.82, 2.24) is 14.6 Å². The molecule has 3 aromatic rings. The number of aromatic nitrogens is 1. The summed E-state index contributed by atoms with van der Waals surface area (Å²) in [5.41, 5.74) is 4.32. The zero-order valence-corrected chi connectivity index (χ0v) is 18.8. The summed E-state index contributed by atoms with van der Waals surface area (Å²) in [5.74, 6) is -0.128. The molecule has 0 bridgehead atoms. The van der Waals surface area contributed by atoms with Gasteiger partial charge in [-0.25, -0.2) is 8.42 Å². The molecule has 1 fully saturated rings. The number of aromatic amines is 1. The molecule has 0 aliphatic carbocycles. The molecule has 0 spiro atoms. The molecule has 6 nitrogen and oxygen atoms in total. The van der Waals surface area contributed by atoms with E-state index in [0.29, 0.717) is 37.4 Å². The first-order valence-corrected chi connectivity index (χ1v) is 12.2. The van der Waals surface area contributed by atoms with Crippen LogP contribution in [0.1, 0.15) is 29.5 Å². The van der Waals surface area contributed by atoms with Crippen LogP contribution in [-0.2, 0) is 21.2 Å². The van der Waals surface area contributed by atoms with Gasteiger partial charge in [0.05, 0.1) is 4.90 Å². The zero-order valence-electron chi connectivity index (χ0n) is 18.0. The molecule has 0 unspecified atom stereocenters. The number of nitrogens with one attached hydrogen (secondary N) is 2. The number of hydrogen-bond acceptors (Lipinski definition) is 3. The number of sulfonamides is 1. The van der Waals surface area contributed by atoms with Gasteiger partial charge in [-0.1, -0.05) is 24.3 Å². The van der Waals surface area contributed by atoms with Crippen LogP contribution in [-0.4, -0.2) is 43.2 Å². The Morgan fingerprint density at radius 1 is 1.10 bits per heavy atom. The van der Waals surface area contributed by atoms with E-state index in [1.54, 1.807) is 12.1 Å². The lowest BCUT2D eigenvalue weighted by Crippen LogP contribution is -2.43. The number of aryl methyl sites for hydroxylation is 2. The highest BCUT2D eigenvalue weighted by molar-refractivity contribution is 7.89. The average molecular weight is 440 g/mol. The summed E-state index contributed by atoms with van der Waals surface area (Å²) in [5, 5.41) is 4.22. The Bertz CT molecular complexity index is 1190. The van der Waals surface area contributed by atoms with Crippen molar-refractivity contribution in [1.29, 1.82) is 0 Å². The summed E-state index contributed by atoms with van der Waals surface area (Å²) >= 11 is 0. The summed E-state index contributed by atoms with van der Waals surface area (Å²) in [6, 6.07) is 13.4. The van der Waals surface area contributed by atoms with Crippen molar-refractivity contribution in [3.05, 3.63) is 65.4 Å². The molecule has 1 aliphatic heterocycles. The minimum Gasteiger partial charge on any atom is -0.361 e. The second kappa shape index (κ2) is 8.85. The number of para-hydroxylation sites is 1. The standard InChI is InChI=1S/C24H29N3O3S/c1-17-7-8-21(15-18(17)2)31(29,30)27-13-10-19(11-14-27)24(28)25-12-9-20-16-26-23-6-4-3-5-22(20)23/h3-8,15-16,19,26H,9-14H2,1-2H3,(H,25,28). The number of carbonyl (C=O) groups excluding carboxylic acids is 1. The van der Waals surface area contributed by atoms with Crippen LogP contribution in [0, 0.1) is 19.8 Å². The van der Waals surface area contributed by atoms with Gasteiger partial charge >= 0.3 is 0 Å². The van der Waals surface area contributed by atoms with Crippen molar-refractivity contribution in [2.45, 2.75) is 38.0 Å². The monoisotopic (exact) mass is 439 g/mol. The molecule has 164 valence electrons. The van der Waals surface area contributed by atoms with Crippen LogP contribution in [0.5, 0.6) is 0 Å². The number of H-pyrrole nitrogens is 1. The van der Waals surface area contributed by atoms with Gasteiger partial charge in [0.1, 0.15) is 0 Å². The fourth-order valence-corrected chi connectivity index (χ4v) is 5.74. The van der Waals surface area contributed by atoms with E-state index in [-0.39, 0.29) is 11.8 Å². The summed E-state index contributed by atoms with van der Waals surface area (Å²) < 4.78 is 27.4. The lowest BCUT2D eigenvalue weighted by Gasteiger charge is -2.30. The number of rotatable bonds is 6. The first-order valence-electron chi connectivity index (χ1n) is 10.8. The molecular formula is C24H29N3O3S. The van der Waals surface area contributed by atoms with Gasteiger partial charge in [-0.05, 0) is 68.0 Å². The summed E-state index contributed by atoms with van der Waals surface area (Å²) in [6.45, 7) is 5.20. The number of benzene rings is 2. The minimum absolute atomic E-state index is 0.0167. The van der Waals surface area contributed by atoms with Crippen LogP contribution in [0.3, 0.4) is 0 Å². The van der Waals surface area contributed by atoms with Crippen molar-refractivity contribution in [2.75, 3.05) is 19.6 Å². The van der Waals surface area contributed by atoms with Gasteiger partial charge in [0.2, 0.25) is 15.9 Å². The molecule has 1 aliphatic rings. The molecule has 7 heteroatoms. The SMILES string of the molecule is Cc1ccc(S(=O)(=O)N2CCC(C(=O)NCCc3c[nH]c4ccccc34)CC2)cc1C. The molecule has 0 saturated carbocycles. The van der Waals surface area contributed by atoms with Crippen LogP contribution in [0.2, 0.25) is 0 Å². The van der Waals surface area contributed by atoms with Gasteiger partial charge in [-0.2, -0.15) is 4.31 Å². The number of piperidine rings is 1. The molecule has 1 saturated heterocycles. The van der Waals surface area contributed by atoms with E-state index in [2.05, 4.69) is 16.4 Å². The lowest BCUT2D eigenvalue weighted by molar-refractivity contribution is -0.126. The fraction of sp³-hybridized carbons (Fsp3) is 0.375. The van der Waals surface area contributed by atoms with E-state index in [1.807, 2.05) is 44.3 Å². The first-order chi connectivity index (χ1) is 14.9. The van der Waals surface area contributed by atoms with Crippen molar-refractivity contribution >= 4 is 26.8 Å². The van der Waals surface area contributed by atoms with Gasteiger partial charge in [0, 0.05) is 42.7 Å². The molecule has 2 heterocycles. The fourth-order valence-electron chi connectivity index (χ4n) is 4.18. The third-order valence-corrected chi connectivity index (χ3v) is 8.20. The smallest absolute Gasteiger partial charge is 0.243 e. The predicted molar refractivity (Wildman–Crippen MR) is 122 cm³/mol. The molecule has 0 atom stereocenters. The number of fused-ring (bicyclic) bond motifs is 1. The van der Waals surface area contributed by atoms with Gasteiger partial charge in [0.15, 0.2) is 0 Å². The van der Waals surface area contributed by atoms with Crippen molar-refractivity contribution in [3.63, 3.8) is 0 Å². The molecule has 31 heavy (non-hydrogen) atoms. The quantitative estimate of drug-likeness (QED) is 0.616. The van der Waals surface area contributed by atoms with Crippen LogP contribution < -0.4 is 5.32 Å². The zero-order chi connectivity index (χ0) is 22.0. The number of amides is 1. The van der Waals surface area contributed by atoms with Crippen LogP contribution in [0.4, 0.5) is 0 Å². The Labute approximate surface area is 183 Å². The molecule has 0 radical (unpaired) electrons. The van der Waals surface area contributed by atoms with E-state index >= 15 is 0 Å². The largest absolute Gasteiger partial charge is 0.361 e. The third kappa shape index (κ3) is 4.52. The second-order valence-corrected chi connectivity index (χ2v) is 10.3. The lowest BCUT2D eigenvalue weighted by atomic mass is 9.97. The summed E-state index contributed by atoms with van der Waals surface area (Å²) in [7, 11) is -3.52. The maximum absolute atomic E-state index is 13.0. The minimum atomic E-state index is -3.52. The highest BCUT2D eigenvalue weighted by atomic mass is 32.2. The molecule has 2 aromatic carbocycles. The van der Waals surface area contributed by atoms with Crippen LogP contribution >= 0.6 is 0 Å². The van der Waals surface area contributed by atoms with Crippen LogP contribution in [0.15, 0.2) is 53.6 Å². The molecule has 2 N–H and O–H groups in total. The maximum atomic E-state index is 13.0. The molecular weight excluding hydrogens is 410 g/mol. The van der Waals surface area contributed by atoms with E-state index in [0.717, 1.165) is 23.1 Å². The Morgan fingerprint density at radius 2 is 1.84 bits per heavy atom. The maximum Gasteiger partial charge on any atom is 0.243 e. The third-order valence-electron chi connectivity index (χ3n) is 6.31. The molecule has 1 amide bonds. The Hall–Kier alpha value is -2.64. The highest BCUT2D eigenvalue weighted by Crippen LogP contribution is 2.25. The van der Waals surface area contributed by atoms with Crippen molar-refractivity contribution in [3.8, 4) is 0 Å². The van der Waals surface area contributed by atoms with E-state index in [4.69, 9.17) is 0 Å². The van der Waals surface area contributed by atoms with E-state index in [1.165, 1.54) is 15.3 Å². The Morgan fingerprint density at radius 3 is 2.58 bits per heavy atom. The summed E-state index contributed by atoms with van der Waals surface area (Å²) in [6.07, 6.45) is 3.84. The van der Waals surface area contributed by atoms with E-state index in [9.17, 15) is 13.2 Å². The molecule has 4 rings (SSSR count). The first kappa shape index (κ1) is 21.6. The highest BCUT2D eigenvalue weighted by Gasteiger charge is 2.32. The van der Waals surface area contributed by atoms with E-state index < -0.39 is 10.0 Å². The van der Waals surface area contributed by atoms with Gasteiger partial charge < -0.3 is 10.3 Å².